The highest BCUT2D eigenvalue weighted by Crippen LogP contribution is 2.37. The highest BCUT2D eigenvalue weighted by atomic mass is 16.5. The van der Waals surface area contributed by atoms with Crippen molar-refractivity contribution in [2.24, 2.45) is 0 Å². The van der Waals surface area contributed by atoms with Crippen LogP contribution in [0.3, 0.4) is 0 Å². The zero-order valence-electron chi connectivity index (χ0n) is 10.4. The summed E-state index contributed by atoms with van der Waals surface area (Å²) in [4.78, 5) is 4.14. The number of anilines is 1. The lowest BCUT2D eigenvalue weighted by Gasteiger charge is -2.13. The molecular weight excluding hydrogens is 224 g/mol. The van der Waals surface area contributed by atoms with Crippen LogP contribution >= 0.6 is 0 Å². The summed E-state index contributed by atoms with van der Waals surface area (Å²) in [7, 11) is 1.91. The number of para-hydroxylation sites is 1. The van der Waals surface area contributed by atoms with Crippen molar-refractivity contribution in [3.8, 4) is 16.9 Å². The van der Waals surface area contributed by atoms with Crippen LogP contribution in [0.4, 0.5) is 5.69 Å². The molecule has 3 nitrogen and oxygen atoms in total. The van der Waals surface area contributed by atoms with Crippen LogP contribution in [0.5, 0.6) is 5.75 Å². The van der Waals surface area contributed by atoms with Crippen molar-refractivity contribution < 1.29 is 4.74 Å². The summed E-state index contributed by atoms with van der Waals surface area (Å²) in [5.74, 6) is 0.961. The maximum Gasteiger partial charge on any atom is 0.127 e. The van der Waals surface area contributed by atoms with Gasteiger partial charge in [-0.2, -0.15) is 0 Å². The van der Waals surface area contributed by atoms with E-state index in [2.05, 4.69) is 16.4 Å². The topological polar surface area (TPSA) is 34.2 Å². The molecule has 0 spiro atoms. The van der Waals surface area contributed by atoms with Crippen LogP contribution in [-0.4, -0.2) is 18.1 Å². The van der Waals surface area contributed by atoms with E-state index < -0.39 is 0 Å². The minimum atomic E-state index is 0.408. The zero-order chi connectivity index (χ0) is 12.4. The molecule has 0 bridgehead atoms. The number of nitrogens with zero attached hydrogens (tertiary/aromatic N) is 1. The molecule has 0 saturated heterocycles. The van der Waals surface area contributed by atoms with Gasteiger partial charge in [-0.3, -0.25) is 4.98 Å². The van der Waals surface area contributed by atoms with Gasteiger partial charge in [0, 0.05) is 24.4 Å². The third-order valence-electron chi connectivity index (χ3n) is 3.09. The van der Waals surface area contributed by atoms with Gasteiger partial charge < -0.3 is 10.1 Å². The van der Waals surface area contributed by atoms with Gasteiger partial charge in [-0.05, 0) is 25.0 Å². The quantitative estimate of drug-likeness (QED) is 0.890. The number of benzene rings is 1. The molecule has 0 aliphatic heterocycles. The minimum absolute atomic E-state index is 0.408. The van der Waals surface area contributed by atoms with Gasteiger partial charge >= 0.3 is 0 Å². The molecule has 0 atom stereocenters. The molecule has 1 fully saturated rings. The third kappa shape index (κ3) is 2.16. The molecule has 1 aromatic heterocycles. The Kier molecular flexibility index (Phi) is 2.89. The van der Waals surface area contributed by atoms with Crippen LogP contribution in [0, 0.1) is 0 Å². The van der Waals surface area contributed by atoms with Crippen LogP contribution in [0.25, 0.3) is 11.1 Å². The Bertz CT molecular complexity index is 550. The minimum Gasteiger partial charge on any atom is -0.490 e. The molecule has 1 N–H and O–H groups in total. The number of rotatable bonds is 4. The largest absolute Gasteiger partial charge is 0.490 e. The fourth-order valence-corrected chi connectivity index (χ4v) is 1.99. The summed E-state index contributed by atoms with van der Waals surface area (Å²) < 4.78 is 5.96. The van der Waals surface area contributed by atoms with Crippen molar-refractivity contribution in [2.45, 2.75) is 18.9 Å². The van der Waals surface area contributed by atoms with Gasteiger partial charge in [-0.1, -0.05) is 18.2 Å². The number of hydrogen-bond acceptors (Lipinski definition) is 3. The highest BCUT2D eigenvalue weighted by molar-refractivity contribution is 5.80. The molecule has 0 radical (unpaired) electrons. The second kappa shape index (κ2) is 4.69. The number of nitrogens with one attached hydrogen (secondary N) is 1. The van der Waals surface area contributed by atoms with Gasteiger partial charge in [0.05, 0.1) is 18.0 Å². The van der Waals surface area contributed by atoms with E-state index in [4.69, 9.17) is 4.74 Å². The maximum atomic E-state index is 5.96. The van der Waals surface area contributed by atoms with Crippen molar-refractivity contribution in [1.82, 2.24) is 4.98 Å². The van der Waals surface area contributed by atoms with E-state index in [9.17, 15) is 0 Å². The molecule has 1 heterocycles. The van der Waals surface area contributed by atoms with E-state index in [0.717, 1.165) is 22.6 Å². The Morgan fingerprint density at radius 3 is 2.78 bits per heavy atom. The molecule has 1 aromatic carbocycles. The molecule has 18 heavy (non-hydrogen) atoms. The van der Waals surface area contributed by atoms with Crippen molar-refractivity contribution in [1.29, 1.82) is 0 Å². The van der Waals surface area contributed by atoms with Gasteiger partial charge in [0.15, 0.2) is 0 Å². The number of hydrogen-bond donors (Lipinski definition) is 1. The van der Waals surface area contributed by atoms with Gasteiger partial charge in [0.2, 0.25) is 0 Å². The monoisotopic (exact) mass is 240 g/mol. The van der Waals surface area contributed by atoms with E-state index in [-0.39, 0.29) is 0 Å². The van der Waals surface area contributed by atoms with Crippen LogP contribution in [-0.2, 0) is 0 Å². The van der Waals surface area contributed by atoms with Gasteiger partial charge in [-0.15, -0.1) is 0 Å². The number of ether oxygens (including phenoxy) is 1. The molecule has 1 aliphatic carbocycles. The van der Waals surface area contributed by atoms with Crippen molar-refractivity contribution >= 4 is 5.69 Å². The van der Waals surface area contributed by atoms with Gasteiger partial charge in [-0.25, -0.2) is 0 Å². The molecule has 0 amide bonds. The molecule has 1 aliphatic rings. The summed E-state index contributed by atoms with van der Waals surface area (Å²) in [6.07, 6.45) is 6.39. The Hall–Kier alpha value is -2.03. The molecule has 3 rings (SSSR count). The SMILES string of the molecule is CNc1cnccc1-c1ccccc1OC1CC1. The first-order valence-electron chi connectivity index (χ1n) is 6.26. The number of pyridine rings is 1. The smallest absolute Gasteiger partial charge is 0.127 e. The van der Waals surface area contributed by atoms with Crippen LogP contribution in [0.1, 0.15) is 12.8 Å². The van der Waals surface area contributed by atoms with Crippen LogP contribution in [0.15, 0.2) is 42.7 Å². The molecule has 3 heteroatoms. The first-order valence-corrected chi connectivity index (χ1v) is 6.26. The second-order valence-corrected chi connectivity index (χ2v) is 4.48. The van der Waals surface area contributed by atoms with E-state index in [0.29, 0.717) is 6.10 Å². The average Bonchev–Trinajstić information content (AvgIpc) is 3.23. The fraction of sp³-hybridized carbons (Fsp3) is 0.267. The lowest BCUT2D eigenvalue weighted by molar-refractivity contribution is 0.304. The maximum absolute atomic E-state index is 5.96. The Morgan fingerprint density at radius 2 is 2.00 bits per heavy atom. The molecule has 0 unspecified atom stereocenters. The molecule has 1 saturated carbocycles. The van der Waals surface area contributed by atoms with Crippen molar-refractivity contribution in [3.05, 3.63) is 42.7 Å². The highest BCUT2D eigenvalue weighted by Gasteiger charge is 2.24. The normalized spacial score (nSPS) is 14.3. The predicted octanol–water partition coefficient (Wildman–Crippen LogP) is 3.33. The zero-order valence-corrected chi connectivity index (χ0v) is 10.4. The first-order chi connectivity index (χ1) is 8.88. The van der Waals surface area contributed by atoms with Crippen LogP contribution < -0.4 is 10.1 Å². The lowest BCUT2D eigenvalue weighted by Crippen LogP contribution is -1.99. The molecule has 2 aromatic rings. The van der Waals surface area contributed by atoms with E-state index >= 15 is 0 Å². The Balaban J connectivity index is 2.04. The lowest BCUT2D eigenvalue weighted by atomic mass is 10.0. The predicted molar refractivity (Wildman–Crippen MR) is 72.9 cm³/mol. The number of aromatic nitrogens is 1. The van der Waals surface area contributed by atoms with E-state index in [1.54, 1.807) is 0 Å². The summed E-state index contributed by atoms with van der Waals surface area (Å²) in [6.45, 7) is 0. The summed E-state index contributed by atoms with van der Waals surface area (Å²) >= 11 is 0. The average molecular weight is 240 g/mol. The van der Waals surface area contributed by atoms with E-state index in [1.165, 1.54) is 12.8 Å². The fourth-order valence-electron chi connectivity index (χ4n) is 1.99. The van der Waals surface area contributed by atoms with Gasteiger partial charge in [0.25, 0.3) is 0 Å². The molecular formula is C15H16N2O. The van der Waals surface area contributed by atoms with Crippen molar-refractivity contribution in [3.63, 3.8) is 0 Å². The Morgan fingerprint density at radius 1 is 1.17 bits per heavy atom. The third-order valence-corrected chi connectivity index (χ3v) is 3.09. The van der Waals surface area contributed by atoms with Crippen molar-refractivity contribution in [2.75, 3.05) is 12.4 Å². The summed E-state index contributed by atoms with van der Waals surface area (Å²) in [6, 6.07) is 10.2. The molecule has 92 valence electrons. The van der Waals surface area contributed by atoms with Gasteiger partial charge in [0.1, 0.15) is 5.75 Å². The second-order valence-electron chi connectivity index (χ2n) is 4.48. The Labute approximate surface area is 107 Å². The summed E-state index contributed by atoms with van der Waals surface area (Å²) in [5.41, 5.74) is 3.27. The van der Waals surface area contributed by atoms with Crippen LogP contribution in [0.2, 0.25) is 0 Å². The first kappa shape index (κ1) is 11.1. The standard InChI is InChI=1S/C15H16N2O/c1-16-14-10-17-9-8-12(14)13-4-2-3-5-15(13)18-11-6-7-11/h2-5,8-11,16H,6-7H2,1H3. The van der Waals surface area contributed by atoms with E-state index in [1.807, 2.05) is 43.7 Å². The summed E-state index contributed by atoms with van der Waals surface area (Å²) in [5, 5.41) is 3.17.